The topological polar surface area (TPSA) is 86.8 Å². The van der Waals surface area contributed by atoms with E-state index in [0.29, 0.717) is 12.0 Å². The number of benzene rings is 3. The molecule has 11 heteroatoms. The zero-order valence-corrected chi connectivity index (χ0v) is 25.7. The fraction of sp³-hybridized carbons (Fsp3) is 0.333. The van der Waals surface area contributed by atoms with Crippen LogP contribution in [0.25, 0.3) is 0 Å². The summed E-state index contributed by atoms with van der Waals surface area (Å²) in [5.74, 6) is -1.46. The minimum absolute atomic E-state index is 0.0203. The van der Waals surface area contributed by atoms with E-state index in [1.807, 2.05) is 20.8 Å². The number of halogens is 3. The van der Waals surface area contributed by atoms with Crippen molar-refractivity contribution in [3.8, 4) is 0 Å². The van der Waals surface area contributed by atoms with E-state index in [1.165, 1.54) is 59.5 Å². The zero-order valence-electron chi connectivity index (χ0n) is 23.4. The molecule has 2 atom stereocenters. The second-order valence-electron chi connectivity index (χ2n) is 9.81. The van der Waals surface area contributed by atoms with Crippen molar-refractivity contribution in [3.05, 3.63) is 93.7 Å². The molecular weight excluding hydrogens is 588 g/mol. The van der Waals surface area contributed by atoms with Crippen LogP contribution in [0.15, 0.2) is 71.6 Å². The van der Waals surface area contributed by atoms with Gasteiger partial charge in [-0.2, -0.15) is 0 Å². The van der Waals surface area contributed by atoms with Crippen molar-refractivity contribution in [2.24, 2.45) is 0 Å². The number of aryl methyl sites for hydroxylation is 1. The summed E-state index contributed by atoms with van der Waals surface area (Å²) in [7, 11) is -4.30. The minimum Gasteiger partial charge on any atom is -0.352 e. The highest BCUT2D eigenvalue weighted by molar-refractivity contribution is 7.92. The Morgan fingerprint density at radius 2 is 1.59 bits per heavy atom. The Bertz CT molecular complexity index is 1470. The van der Waals surface area contributed by atoms with E-state index < -0.39 is 34.3 Å². The molecule has 3 aromatic carbocycles. The van der Waals surface area contributed by atoms with Gasteiger partial charge in [0.2, 0.25) is 11.8 Å². The highest BCUT2D eigenvalue weighted by atomic mass is 35.5. The molecule has 0 aliphatic heterocycles. The van der Waals surface area contributed by atoms with Gasteiger partial charge in [0.15, 0.2) is 0 Å². The number of amides is 2. The fourth-order valence-electron chi connectivity index (χ4n) is 4.17. The molecule has 0 bridgehead atoms. The standard InChI is InChI=1S/C30H34Cl2FN3O4S/c1-5-21(4)34-30(38)27(6-2)35(18-22-9-12-24(33)13-10-22)29(37)19-36(28-17-23(31)11-16-26(28)32)41(39,40)25-14-7-20(3)8-15-25/h7-17,21,27H,5-6,18-19H2,1-4H3,(H,34,38)/t21-,27-/m1/s1. The fourth-order valence-corrected chi connectivity index (χ4v) is 6.04. The van der Waals surface area contributed by atoms with E-state index in [0.717, 1.165) is 9.87 Å². The van der Waals surface area contributed by atoms with E-state index in [2.05, 4.69) is 5.32 Å². The average Bonchev–Trinajstić information content (AvgIpc) is 2.94. The molecule has 2 amide bonds. The highest BCUT2D eigenvalue weighted by Crippen LogP contribution is 2.33. The van der Waals surface area contributed by atoms with Crippen molar-refractivity contribution in [2.45, 2.75) is 64.1 Å². The van der Waals surface area contributed by atoms with E-state index in [1.54, 1.807) is 19.1 Å². The molecule has 0 fully saturated rings. The second-order valence-corrected chi connectivity index (χ2v) is 12.5. The summed E-state index contributed by atoms with van der Waals surface area (Å²) in [6.07, 6.45) is 0.946. The van der Waals surface area contributed by atoms with Crippen molar-refractivity contribution in [1.82, 2.24) is 10.2 Å². The number of sulfonamides is 1. The predicted molar refractivity (Wildman–Crippen MR) is 161 cm³/mol. The van der Waals surface area contributed by atoms with E-state index >= 15 is 0 Å². The number of carbonyl (C=O) groups is 2. The van der Waals surface area contributed by atoms with Gasteiger partial charge in [-0.3, -0.25) is 13.9 Å². The van der Waals surface area contributed by atoms with E-state index in [-0.39, 0.29) is 45.5 Å². The molecule has 41 heavy (non-hydrogen) atoms. The van der Waals surface area contributed by atoms with Crippen LogP contribution in [-0.2, 0) is 26.2 Å². The van der Waals surface area contributed by atoms with Gasteiger partial charge < -0.3 is 10.2 Å². The maximum atomic E-state index is 14.1. The molecule has 0 saturated carbocycles. The summed E-state index contributed by atoms with van der Waals surface area (Å²) in [5.41, 5.74) is 1.45. The summed E-state index contributed by atoms with van der Waals surface area (Å²) < 4.78 is 42.4. The van der Waals surface area contributed by atoms with Crippen molar-refractivity contribution < 1.29 is 22.4 Å². The Labute approximate surface area is 251 Å². The highest BCUT2D eigenvalue weighted by Gasteiger charge is 2.34. The van der Waals surface area contributed by atoms with Crippen molar-refractivity contribution in [1.29, 1.82) is 0 Å². The van der Waals surface area contributed by atoms with Gasteiger partial charge >= 0.3 is 0 Å². The van der Waals surface area contributed by atoms with Gasteiger partial charge in [-0.1, -0.05) is 66.9 Å². The van der Waals surface area contributed by atoms with Gasteiger partial charge in [0, 0.05) is 17.6 Å². The Morgan fingerprint density at radius 3 is 2.17 bits per heavy atom. The molecule has 1 N–H and O–H groups in total. The van der Waals surface area contributed by atoms with Crippen LogP contribution in [0.3, 0.4) is 0 Å². The Hall–Kier alpha value is -3.14. The molecular formula is C30H34Cl2FN3O4S. The molecule has 7 nitrogen and oxygen atoms in total. The molecule has 3 rings (SSSR count). The molecule has 0 unspecified atom stereocenters. The van der Waals surface area contributed by atoms with Crippen LogP contribution in [0.1, 0.15) is 44.7 Å². The molecule has 3 aromatic rings. The van der Waals surface area contributed by atoms with E-state index in [9.17, 15) is 22.4 Å². The van der Waals surface area contributed by atoms with E-state index in [4.69, 9.17) is 23.2 Å². The number of nitrogens with one attached hydrogen (secondary N) is 1. The molecule has 0 spiro atoms. The zero-order chi connectivity index (χ0) is 30.3. The van der Waals surface area contributed by atoms with Gasteiger partial charge in [0.25, 0.3) is 10.0 Å². The third-order valence-electron chi connectivity index (χ3n) is 6.72. The Morgan fingerprint density at radius 1 is 0.951 bits per heavy atom. The average molecular weight is 623 g/mol. The van der Waals surface area contributed by atoms with Crippen molar-refractivity contribution in [2.75, 3.05) is 10.8 Å². The third kappa shape index (κ3) is 8.21. The number of hydrogen-bond acceptors (Lipinski definition) is 4. The number of rotatable bonds is 12. The van der Waals surface area contributed by atoms with Crippen LogP contribution < -0.4 is 9.62 Å². The quantitative estimate of drug-likeness (QED) is 0.255. The lowest BCUT2D eigenvalue weighted by molar-refractivity contribution is -0.140. The molecule has 0 saturated heterocycles. The third-order valence-corrected chi connectivity index (χ3v) is 9.05. The lowest BCUT2D eigenvalue weighted by atomic mass is 10.1. The molecule has 0 heterocycles. The smallest absolute Gasteiger partial charge is 0.264 e. The number of anilines is 1. The number of hydrogen-bond donors (Lipinski definition) is 1. The minimum atomic E-state index is -4.30. The normalized spacial score (nSPS) is 12.9. The Balaban J connectivity index is 2.10. The first kappa shape index (κ1) is 32.4. The SMILES string of the molecule is CC[C@@H](C)NC(=O)[C@@H](CC)N(Cc1ccc(F)cc1)C(=O)CN(c1cc(Cl)ccc1Cl)S(=O)(=O)c1ccc(C)cc1. The largest absolute Gasteiger partial charge is 0.352 e. The first-order chi connectivity index (χ1) is 19.4. The molecule has 0 radical (unpaired) electrons. The lowest BCUT2D eigenvalue weighted by Gasteiger charge is -2.34. The maximum Gasteiger partial charge on any atom is 0.264 e. The van der Waals surface area contributed by atoms with Crippen LogP contribution in [0, 0.1) is 12.7 Å². The van der Waals surface area contributed by atoms with Gasteiger partial charge in [0.1, 0.15) is 18.4 Å². The number of carbonyl (C=O) groups excluding carboxylic acids is 2. The maximum absolute atomic E-state index is 14.1. The van der Waals surface area contributed by atoms with Gasteiger partial charge in [-0.15, -0.1) is 0 Å². The molecule has 0 aliphatic carbocycles. The monoisotopic (exact) mass is 621 g/mol. The van der Waals surface area contributed by atoms with Crippen LogP contribution in [0.2, 0.25) is 10.0 Å². The predicted octanol–water partition coefficient (Wildman–Crippen LogP) is 6.36. The summed E-state index contributed by atoms with van der Waals surface area (Å²) in [6, 6.07) is 15.0. The lowest BCUT2D eigenvalue weighted by Crippen LogP contribution is -2.53. The van der Waals surface area contributed by atoms with Crippen LogP contribution in [0.5, 0.6) is 0 Å². The number of nitrogens with zero attached hydrogens (tertiary/aromatic N) is 2. The van der Waals surface area contributed by atoms with Crippen LogP contribution >= 0.6 is 23.2 Å². The first-order valence-electron chi connectivity index (χ1n) is 13.3. The molecule has 0 aromatic heterocycles. The van der Waals surface area contributed by atoms with Gasteiger partial charge in [-0.05, 0) is 74.7 Å². The molecule has 220 valence electrons. The Kier molecular flexibility index (Phi) is 11.2. The summed E-state index contributed by atoms with van der Waals surface area (Å²) in [6.45, 7) is 6.66. The summed E-state index contributed by atoms with van der Waals surface area (Å²) in [5, 5.41) is 3.21. The summed E-state index contributed by atoms with van der Waals surface area (Å²) in [4.78, 5) is 28.7. The van der Waals surface area contributed by atoms with Crippen LogP contribution in [0.4, 0.5) is 10.1 Å². The van der Waals surface area contributed by atoms with Crippen molar-refractivity contribution >= 4 is 50.7 Å². The molecule has 0 aliphatic rings. The van der Waals surface area contributed by atoms with Gasteiger partial charge in [0.05, 0.1) is 15.6 Å². The first-order valence-corrected chi connectivity index (χ1v) is 15.5. The summed E-state index contributed by atoms with van der Waals surface area (Å²) >= 11 is 12.7. The van der Waals surface area contributed by atoms with Crippen LogP contribution in [-0.4, -0.2) is 43.8 Å². The van der Waals surface area contributed by atoms with Gasteiger partial charge in [-0.25, -0.2) is 12.8 Å². The van der Waals surface area contributed by atoms with Crippen molar-refractivity contribution in [3.63, 3.8) is 0 Å². The second kappa shape index (κ2) is 14.2.